The Labute approximate surface area is 177 Å². The lowest BCUT2D eigenvalue weighted by molar-refractivity contribution is -0.305. The molecule has 7 heteroatoms. The van der Waals surface area contributed by atoms with Crippen molar-refractivity contribution in [2.24, 2.45) is 0 Å². The number of methoxy groups -OCH3 is 2. The number of unbranched alkanes of at least 4 members (excludes halogenated alkanes) is 1. The van der Waals surface area contributed by atoms with Crippen molar-refractivity contribution >= 4 is 17.0 Å². The maximum absolute atomic E-state index is 12.7. The van der Waals surface area contributed by atoms with E-state index in [-0.39, 0.29) is 17.4 Å². The predicted molar refractivity (Wildman–Crippen MR) is 114 cm³/mol. The second-order valence-electron chi connectivity index (χ2n) is 7.64. The number of benzene rings is 1. The van der Waals surface area contributed by atoms with Gasteiger partial charge in [0.15, 0.2) is 5.79 Å². The third kappa shape index (κ3) is 5.15. The van der Waals surface area contributed by atoms with Crippen molar-refractivity contribution in [2.75, 3.05) is 20.0 Å². The van der Waals surface area contributed by atoms with Crippen LogP contribution in [0.25, 0.3) is 0 Å². The molecule has 0 aromatic heterocycles. The van der Waals surface area contributed by atoms with E-state index in [1.54, 1.807) is 14.2 Å². The summed E-state index contributed by atoms with van der Waals surface area (Å²) in [6.07, 6.45) is 4.94. The van der Waals surface area contributed by atoms with Gasteiger partial charge in [0.25, 0.3) is 5.24 Å². The van der Waals surface area contributed by atoms with Gasteiger partial charge in [-0.2, -0.15) is 0 Å². The average Bonchev–Trinajstić information content (AvgIpc) is 3.09. The van der Waals surface area contributed by atoms with E-state index in [9.17, 15) is 9.90 Å². The summed E-state index contributed by atoms with van der Waals surface area (Å²) in [7, 11) is 3.24. The molecule has 0 saturated carbocycles. The molecule has 2 fully saturated rings. The quantitative estimate of drug-likeness (QED) is 0.481. The van der Waals surface area contributed by atoms with Crippen LogP contribution in [0.3, 0.4) is 0 Å². The van der Waals surface area contributed by atoms with Crippen LogP contribution in [0.15, 0.2) is 36.9 Å². The van der Waals surface area contributed by atoms with E-state index >= 15 is 0 Å². The number of allylic oxidation sites excluding steroid dienone is 1. The molecule has 0 spiro atoms. The number of carbonyl (C=O) groups excluding carboxylic acids is 1. The molecule has 0 aliphatic carbocycles. The molecular formula is C22H31NO5S. The third-order valence-electron chi connectivity index (χ3n) is 5.70. The van der Waals surface area contributed by atoms with Gasteiger partial charge in [-0.15, -0.1) is 6.58 Å². The van der Waals surface area contributed by atoms with E-state index in [0.717, 1.165) is 30.6 Å². The fourth-order valence-corrected chi connectivity index (χ4v) is 5.25. The summed E-state index contributed by atoms with van der Waals surface area (Å²) in [5.41, 5.74) is 1.01. The van der Waals surface area contributed by atoms with Crippen LogP contribution in [-0.2, 0) is 16.0 Å². The van der Waals surface area contributed by atoms with Crippen molar-refractivity contribution < 1.29 is 24.1 Å². The molecule has 0 radical (unpaired) electrons. The molecule has 2 aliphatic heterocycles. The first-order valence-corrected chi connectivity index (χ1v) is 11.1. The van der Waals surface area contributed by atoms with E-state index in [4.69, 9.17) is 14.2 Å². The summed E-state index contributed by atoms with van der Waals surface area (Å²) in [5, 5.41) is 10.6. The van der Waals surface area contributed by atoms with Gasteiger partial charge >= 0.3 is 0 Å². The molecule has 160 valence electrons. The molecule has 6 nitrogen and oxygen atoms in total. The van der Waals surface area contributed by atoms with Crippen LogP contribution in [0.4, 0.5) is 4.79 Å². The van der Waals surface area contributed by atoms with Gasteiger partial charge in [-0.25, -0.2) is 0 Å². The second-order valence-corrected chi connectivity index (χ2v) is 8.61. The molecule has 2 saturated heterocycles. The second kappa shape index (κ2) is 9.98. The van der Waals surface area contributed by atoms with Crippen LogP contribution in [0.2, 0.25) is 0 Å². The maximum Gasteiger partial charge on any atom is 0.282 e. The SMILES string of the molecule is C=CCCC[C@@H]1C[C@@H](O)C[C@](OC)([C@@H]2CSC(=O)N2Cc2ccc(OC)cc2)O1. The molecule has 1 N–H and O–H groups in total. The number of rotatable bonds is 9. The molecule has 0 bridgehead atoms. The lowest BCUT2D eigenvalue weighted by Gasteiger charge is -2.47. The van der Waals surface area contributed by atoms with Gasteiger partial charge in [-0.3, -0.25) is 4.79 Å². The number of carbonyl (C=O) groups is 1. The summed E-state index contributed by atoms with van der Waals surface area (Å²) in [4.78, 5) is 14.5. The molecule has 4 atom stereocenters. The standard InChI is InChI=1S/C22H31NO5S/c1-4-5-6-7-19-12-17(24)13-22(27-3,28-19)20-15-29-21(25)23(20)14-16-8-10-18(26-2)11-9-16/h4,8-11,17,19-20,24H,1,5-7,12-15H2,2-3H3/t17-,19-,20+,22-/m1/s1. The van der Waals surface area contributed by atoms with Gasteiger partial charge in [-0.05, 0) is 43.4 Å². The molecule has 0 unspecified atom stereocenters. The average molecular weight is 422 g/mol. The minimum atomic E-state index is -0.998. The Balaban J connectivity index is 1.77. The first-order chi connectivity index (χ1) is 14.0. The van der Waals surface area contributed by atoms with Crippen LogP contribution in [0, 0.1) is 0 Å². The molecule has 2 aliphatic rings. The molecular weight excluding hydrogens is 390 g/mol. The predicted octanol–water partition coefficient (Wildman–Crippen LogP) is 3.97. The van der Waals surface area contributed by atoms with Crippen LogP contribution in [0.5, 0.6) is 5.75 Å². The van der Waals surface area contributed by atoms with Crippen molar-refractivity contribution in [3.05, 3.63) is 42.5 Å². The van der Waals surface area contributed by atoms with Crippen molar-refractivity contribution in [3.8, 4) is 5.75 Å². The number of amides is 1. The molecule has 1 aromatic rings. The van der Waals surface area contributed by atoms with Crippen molar-refractivity contribution in [2.45, 2.75) is 62.7 Å². The smallest absolute Gasteiger partial charge is 0.282 e. The van der Waals surface area contributed by atoms with Crippen molar-refractivity contribution in [1.29, 1.82) is 0 Å². The lowest BCUT2D eigenvalue weighted by Crippen LogP contribution is -2.60. The molecule has 29 heavy (non-hydrogen) atoms. The fraction of sp³-hybridized carbons (Fsp3) is 0.591. The number of nitrogens with zero attached hydrogens (tertiary/aromatic N) is 1. The summed E-state index contributed by atoms with van der Waals surface area (Å²) < 4.78 is 17.5. The fourth-order valence-electron chi connectivity index (χ4n) is 4.16. The Hall–Kier alpha value is -1.54. The lowest BCUT2D eigenvalue weighted by atomic mass is 9.91. The number of ether oxygens (including phenoxy) is 3. The monoisotopic (exact) mass is 421 g/mol. The van der Waals surface area contributed by atoms with Crippen LogP contribution in [-0.4, -0.2) is 59.3 Å². The highest BCUT2D eigenvalue weighted by atomic mass is 32.2. The van der Waals surface area contributed by atoms with Gasteiger partial charge in [0.1, 0.15) is 5.75 Å². The number of thioether (sulfide) groups is 1. The van der Waals surface area contributed by atoms with Gasteiger partial charge < -0.3 is 24.2 Å². The zero-order valence-corrected chi connectivity index (χ0v) is 18.0. The van der Waals surface area contributed by atoms with E-state index in [0.29, 0.717) is 25.1 Å². The Bertz CT molecular complexity index is 697. The van der Waals surface area contributed by atoms with E-state index in [2.05, 4.69) is 6.58 Å². The first-order valence-electron chi connectivity index (χ1n) is 10.1. The van der Waals surface area contributed by atoms with Crippen LogP contribution in [0.1, 0.15) is 37.7 Å². The third-order valence-corrected chi connectivity index (χ3v) is 6.66. The minimum Gasteiger partial charge on any atom is -0.497 e. The Morgan fingerprint density at radius 3 is 2.79 bits per heavy atom. The summed E-state index contributed by atoms with van der Waals surface area (Å²) >= 11 is 1.28. The van der Waals surface area contributed by atoms with E-state index in [1.807, 2.05) is 35.2 Å². The minimum absolute atomic E-state index is 0.00844. The van der Waals surface area contributed by atoms with E-state index < -0.39 is 11.9 Å². The van der Waals surface area contributed by atoms with Gasteiger partial charge in [0.05, 0.1) is 25.4 Å². The molecule has 1 aromatic carbocycles. The number of aliphatic hydroxyl groups is 1. The normalized spacial score (nSPS) is 29.8. The number of hydrogen-bond donors (Lipinski definition) is 1. The summed E-state index contributed by atoms with van der Waals surface area (Å²) in [6.45, 7) is 4.23. The largest absolute Gasteiger partial charge is 0.497 e. The topological polar surface area (TPSA) is 68.2 Å². The Morgan fingerprint density at radius 1 is 1.38 bits per heavy atom. The number of aliphatic hydroxyl groups excluding tert-OH is 1. The highest BCUT2D eigenvalue weighted by Crippen LogP contribution is 2.42. The van der Waals surface area contributed by atoms with Crippen LogP contribution < -0.4 is 4.74 Å². The first kappa shape index (κ1) is 22.2. The molecule has 1 amide bonds. The van der Waals surface area contributed by atoms with E-state index in [1.165, 1.54) is 11.8 Å². The summed E-state index contributed by atoms with van der Waals surface area (Å²) in [5.74, 6) is 0.360. The Kier molecular flexibility index (Phi) is 7.62. The van der Waals surface area contributed by atoms with Gasteiger partial charge in [0.2, 0.25) is 0 Å². The van der Waals surface area contributed by atoms with Crippen LogP contribution >= 0.6 is 11.8 Å². The number of hydrogen-bond acceptors (Lipinski definition) is 6. The van der Waals surface area contributed by atoms with Gasteiger partial charge in [0, 0.05) is 25.8 Å². The Morgan fingerprint density at radius 2 is 2.14 bits per heavy atom. The highest BCUT2D eigenvalue weighted by Gasteiger charge is 2.53. The van der Waals surface area contributed by atoms with Gasteiger partial charge in [-0.1, -0.05) is 30.0 Å². The summed E-state index contributed by atoms with van der Waals surface area (Å²) in [6, 6.07) is 7.44. The molecule has 2 heterocycles. The highest BCUT2D eigenvalue weighted by molar-refractivity contribution is 8.13. The zero-order valence-electron chi connectivity index (χ0n) is 17.2. The van der Waals surface area contributed by atoms with Crippen molar-refractivity contribution in [1.82, 2.24) is 4.90 Å². The zero-order chi connectivity index (χ0) is 20.9. The maximum atomic E-state index is 12.7. The molecule has 3 rings (SSSR count). The van der Waals surface area contributed by atoms with Crippen molar-refractivity contribution in [3.63, 3.8) is 0 Å².